The molecular weight excluding hydrogens is 340 g/mol. The number of anilines is 2. The van der Waals surface area contributed by atoms with Gasteiger partial charge in [-0.25, -0.2) is 9.20 Å². The van der Waals surface area contributed by atoms with Crippen LogP contribution in [-0.2, 0) is 6.42 Å². The Bertz CT molecular complexity index is 1140. The van der Waals surface area contributed by atoms with Crippen molar-refractivity contribution < 1.29 is 4.79 Å². The molecule has 0 saturated carbocycles. The third-order valence-electron chi connectivity index (χ3n) is 4.47. The molecule has 3 heterocycles. The summed E-state index contributed by atoms with van der Waals surface area (Å²) in [5.74, 6) is 0.465. The molecule has 0 atom stereocenters. The number of nitrogens with zero attached hydrogens (tertiary/aromatic N) is 4. The average molecular weight is 360 g/mol. The lowest BCUT2D eigenvalue weighted by Crippen LogP contribution is -2.16. The molecule has 0 bridgehead atoms. The Hall–Kier alpha value is -3.61. The van der Waals surface area contributed by atoms with Gasteiger partial charge in [-0.2, -0.15) is 5.10 Å². The van der Waals surface area contributed by atoms with E-state index in [4.69, 9.17) is 5.73 Å². The van der Waals surface area contributed by atoms with Crippen molar-refractivity contribution in [3.8, 4) is 5.69 Å². The summed E-state index contributed by atoms with van der Waals surface area (Å²) < 4.78 is 3.35. The summed E-state index contributed by atoms with van der Waals surface area (Å²) >= 11 is 0. The zero-order chi connectivity index (χ0) is 19.0. The Labute approximate surface area is 156 Å². The molecule has 0 spiro atoms. The number of carbonyl (C=O) groups is 1. The second kappa shape index (κ2) is 6.60. The maximum absolute atomic E-state index is 13.0. The topological polar surface area (TPSA) is 90.2 Å². The Balaban J connectivity index is 1.75. The molecule has 1 aromatic carbocycles. The molecule has 27 heavy (non-hydrogen) atoms. The molecule has 1 amide bonds. The van der Waals surface area contributed by atoms with Gasteiger partial charge in [0, 0.05) is 12.3 Å². The molecule has 0 aliphatic carbocycles. The van der Waals surface area contributed by atoms with Crippen molar-refractivity contribution in [1.29, 1.82) is 0 Å². The van der Waals surface area contributed by atoms with Crippen molar-refractivity contribution in [1.82, 2.24) is 19.4 Å². The second-order valence-electron chi connectivity index (χ2n) is 6.31. The number of nitrogen functional groups attached to an aromatic ring is 1. The van der Waals surface area contributed by atoms with Crippen LogP contribution in [0, 0.1) is 6.92 Å². The first kappa shape index (κ1) is 16.8. The van der Waals surface area contributed by atoms with Crippen LogP contribution in [0.2, 0.25) is 0 Å². The minimum atomic E-state index is -0.316. The van der Waals surface area contributed by atoms with Crippen LogP contribution in [0.4, 0.5) is 11.6 Å². The number of nitrogens with two attached hydrogens (primary N) is 1. The van der Waals surface area contributed by atoms with Gasteiger partial charge in [0.15, 0.2) is 5.82 Å². The molecule has 0 saturated heterocycles. The van der Waals surface area contributed by atoms with Gasteiger partial charge in [-0.15, -0.1) is 5.10 Å². The summed E-state index contributed by atoms with van der Waals surface area (Å²) in [5, 5.41) is 11.7. The summed E-state index contributed by atoms with van der Waals surface area (Å²) in [5.41, 5.74) is 9.90. The summed E-state index contributed by atoms with van der Waals surface area (Å²) in [4.78, 5) is 13.0. The monoisotopic (exact) mass is 360 g/mol. The van der Waals surface area contributed by atoms with Crippen LogP contribution in [0.25, 0.3) is 11.2 Å². The number of para-hydroxylation sites is 1. The molecule has 0 aliphatic rings. The number of fused-ring (bicyclic) bond motifs is 1. The molecule has 4 aromatic rings. The lowest BCUT2D eigenvalue weighted by molar-refractivity contribution is 0.102. The molecule has 0 radical (unpaired) electrons. The molecule has 0 fully saturated rings. The van der Waals surface area contributed by atoms with Crippen LogP contribution in [-0.4, -0.2) is 25.3 Å². The van der Waals surface area contributed by atoms with Crippen LogP contribution in [0.15, 0.2) is 54.7 Å². The zero-order valence-electron chi connectivity index (χ0n) is 15.2. The van der Waals surface area contributed by atoms with E-state index in [1.54, 1.807) is 15.4 Å². The third-order valence-corrected chi connectivity index (χ3v) is 4.47. The van der Waals surface area contributed by atoms with Crippen LogP contribution in [0.3, 0.4) is 0 Å². The minimum Gasteiger partial charge on any atom is -0.382 e. The molecule has 0 aliphatic heterocycles. The van der Waals surface area contributed by atoms with Gasteiger partial charge in [0.05, 0.1) is 16.9 Å². The van der Waals surface area contributed by atoms with E-state index in [1.807, 2.05) is 49.4 Å². The van der Waals surface area contributed by atoms with Crippen molar-refractivity contribution in [2.75, 3.05) is 11.1 Å². The number of aromatic nitrogens is 4. The SMILES string of the molecule is CCc1ccccc1-n1nc(C)cc1NC(=O)c1c(N)nn2ccccc12. The van der Waals surface area contributed by atoms with Crippen molar-refractivity contribution in [2.45, 2.75) is 20.3 Å². The number of benzene rings is 1. The van der Waals surface area contributed by atoms with E-state index in [1.165, 1.54) is 0 Å². The number of nitrogens with one attached hydrogen (secondary N) is 1. The Morgan fingerprint density at radius 3 is 2.74 bits per heavy atom. The predicted octanol–water partition coefficient (Wildman–Crippen LogP) is 3.23. The fourth-order valence-corrected chi connectivity index (χ4v) is 3.22. The summed E-state index contributed by atoms with van der Waals surface area (Å²) in [6.45, 7) is 3.98. The fraction of sp³-hybridized carbons (Fsp3) is 0.150. The lowest BCUT2D eigenvalue weighted by atomic mass is 10.1. The first-order valence-electron chi connectivity index (χ1n) is 8.77. The van der Waals surface area contributed by atoms with E-state index in [-0.39, 0.29) is 11.7 Å². The van der Waals surface area contributed by atoms with Gasteiger partial charge in [0.2, 0.25) is 0 Å². The maximum Gasteiger partial charge on any atom is 0.262 e. The van der Waals surface area contributed by atoms with Crippen molar-refractivity contribution >= 4 is 23.1 Å². The first-order chi connectivity index (χ1) is 13.1. The summed E-state index contributed by atoms with van der Waals surface area (Å²) in [7, 11) is 0. The molecule has 3 N–H and O–H groups in total. The zero-order valence-corrected chi connectivity index (χ0v) is 15.2. The second-order valence-corrected chi connectivity index (χ2v) is 6.31. The smallest absolute Gasteiger partial charge is 0.262 e. The first-order valence-corrected chi connectivity index (χ1v) is 8.77. The molecule has 3 aromatic heterocycles. The van der Waals surface area contributed by atoms with E-state index in [2.05, 4.69) is 28.5 Å². The number of carbonyl (C=O) groups excluding carboxylic acids is 1. The molecule has 4 rings (SSSR count). The van der Waals surface area contributed by atoms with Crippen molar-refractivity contribution in [3.63, 3.8) is 0 Å². The van der Waals surface area contributed by atoms with E-state index < -0.39 is 0 Å². The van der Waals surface area contributed by atoms with Gasteiger partial charge in [-0.1, -0.05) is 31.2 Å². The predicted molar refractivity (Wildman–Crippen MR) is 105 cm³/mol. The fourth-order valence-electron chi connectivity index (χ4n) is 3.22. The number of pyridine rings is 1. The normalized spacial score (nSPS) is 11.0. The Morgan fingerprint density at radius 1 is 1.15 bits per heavy atom. The van der Waals surface area contributed by atoms with E-state index in [9.17, 15) is 4.79 Å². The van der Waals surface area contributed by atoms with E-state index in [0.29, 0.717) is 16.9 Å². The lowest BCUT2D eigenvalue weighted by Gasteiger charge is -2.12. The highest BCUT2D eigenvalue weighted by molar-refractivity contribution is 6.12. The van der Waals surface area contributed by atoms with Gasteiger partial charge in [0.1, 0.15) is 11.4 Å². The van der Waals surface area contributed by atoms with Gasteiger partial charge in [0.25, 0.3) is 5.91 Å². The van der Waals surface area contributed by atoms with Gasteiger partial charge in [-0.05, 0) is 37.1 Å². The quantitative estimate of drug-likeness (QED) is 0.585. The number of amides is 1. The van der Waals surface area contributed by atoms with Gasteiger partial charge >= 0.3 is 0 Å². The molecular formula is C20H20N6O. The Morgan fingerprint density at radius 2 is 1.93 bits per heavy atom. The number of rotatable bonds is 4. The molecule has 7 nitrogen and oxygen atoms in total. The summed E-state index contributed by atoms with van der Waals surface area (Å²) in [6.07, 6.45) is 2.62. The molecule has 0 unspecified atom stereocenters. The van der Waals surface area contributed by atoms with Crippen molar-refractivity contribution in [2.24, 2.45) is 0 Å². The van der Waals surface area contributed by atoms with Gasteiger partial charge < -0.3 is 11.1 Å². The van der Waals surface area contributed by atoms with Gasteiger partial charge in [-0.3, -0.25) is 4.79 Å². The van der Waals surface area contributed by atoms with Crippen molar-refractivity contribution in [3.05, 3.63) is 71.5 Å². The highest BCUT2D eigenvalue weighted by atomic mass is 16.1. The van der Waals surface area contributed by atoms with Crippen LogP contribution >= 0.6 is 0 Å². The molecule has 7 heteroatoms. The maximum atomic E-state index is 13.0. The summed E-state index contributed by atoms with van der Waals surface area (Å²) in [6, 6.07) is 15.3. The number of hydrogen-bond acceptors (Lipinski definition) is 4. The van der Waals surface area contributed by atoms with Crippen LogP contribution < -0.4 is 11.1 Å². The molecule has 136 valence electrons. The minimum absolute atomic E-state index is 0.190. The van der Waals surface area contributed by atoms with E-state index >= 15 is 0 Å². The third kappa shape index (κ3) is 2.93. The highest BCUT2D eigenvalue weighted by Crippen LogP contribution is 2.23. The highest BCUT2D eigenvalue weighted by Gasteiger charge is 2.20. The van der Waals surface area contributed by atoms with Crippen LogP contribution in [0.5, 0.6) is 0 Å². The standard InChI is InChI=1S/C20H20N6O/c1-3-14-8-4-5-9-15(14)26-17(12-13(2)23-26)22-20(27)18-16-10-6-7-11-25(16)24-19(18)21/h4-12H,3H2,1-2H3,(H2,21,24)(H,22,27). The number of hydrogen-bond donors (Lipinski definition) is 2. The van der Waals surface area contributed by atoms with Crippen LogP contribution in [0.1, 0.15) is 28.5 Å². The van der Waals surface area contributed by atoms with E-state index in [0.717, 1.165) is 23.4 Å². The average Bonchev–Trinajstić information content (AvgIpc) is 3.20. The Kier molecular flexibility index (Phi) is 4.12. The number of aryl methyl sites for hydroxylation is 2. The largest absolute Gasteiger partial charge is 0.382 e.